The Morgan fingerprint density at radius 1 is 1.43 bits per heavy atom. The Morgan fingerprint density at radius 2 is 2.14 bits per heavy atom. The van der Waals surface area contributed by atoms with Crippen molar-refractivity contribution in [2.24, 2.45) is 0 Å². The Bertz CT molecular complexity index is 706. The predicted octanol–water partition coefficient (Wildman–Crippen LogP) is 2.96. The smallest absolute Gasteiger partial charge is 0.378 e. The van der Waals surface area contributed by atoms with Crippen LogP contribution in [0.1, 0.15) is 17.0 Å². The van der Waals surface area contributed by atoms with Gasteiger partial charge in [0.05, 0.1) is 22.9 Å². The lowest BCUT2D eigenvalue weighted by Gasteiger charge is -2.11. The number of aromatic nitrogens is 3. The number of hydrogen-bond donors (Lipinski definition) is 0. The van der Waals surface area contributed by atoms with E-state index in [-0.39, 0.29) is 23.0 Å². The molecule has 0 fully saturated rings. The highest BCUT2D eigenvalue weighted by atomic mass is 35.5. The fourth-order valence-electron chi connectivity index (χ4n) is 1.70. The average molecular weight is 317 g/mol. The number of alkyl halides is 3. The molecule has 1 aromatic heterocycles. The van der Waals surface area contributed by atoms with E-state index in [9.17, 15) is 13.2 Å². The summed E-state index contributed by atoms with van der Waals surface area (Å²) in [5.41, 5.74) is -0.356. The molecule has 0 aliphatic carbocycles. The van der Waals surface area contributed by atoms with Crippen molar-refractivity contribution in [3.8, 4) is 11.8 Å². The lowest BCUT2D eigenvalue weighted by atomic mass is 10.2. The third kappa shape index (κ3) is 2.99. The molecule has 21 heavy (non-hydrogen) atoms. The maximum atomic E-state index is 12.6. The van der Waals surface area contributed by atoms with Gasteiger partial charge in [-0.1, -0.05) is 16.8 Å². The summed E-state index contributed by atoms with van der Waals surface area (Å²) in [7, 11) is 1.41. The zero-order chi connectivity index (χ0) is 15.6. The van der Waals surface area contributed by atoms with Gasteiger partial charge in [0.2, 0.25) is 0 Å². The van der Waals surface area contributed by atoms with E-state index in [1.165, 1.54) is 17.9 Å². The molecule has 1 heterocycles. The molecule has 2 aromatic rings. The Morgan fingerprint density at radius 3 is 2.67 bits per heavy atom. The summed E-state index contributed by atoms with van der Waals surface area (Å²) in [5, 5.41) is 16.1. The molecule has 0 radical (unpaired) electrons. The number of rotatable bonds is 3. The van der Waals surface area contributed by atoms with Gasteiger partial charge >= 0.3 is 6.18 Å². The fraction of sp³-hybridized carbons (Fsp3) is 0.250. The Kier molecular flexibility index (Phi) is 4.16. The standard InChI is InChI=1S/C12H8ClF3N4O/c1-21-6-11-9(5-17)18-19-20(11)10-3-2-7(4-8(10)13)12(14,15)16/h2-4H,6H2,1H3. The van der Waals surface area contributed by atoms with E-state index in [0.717, 1.165) is 12.1 Å². The van der Waals surface area contributed by atoms with Crippen LogP contribution in [0.3, 0.4) is 0 Å². The third-order valence-corrected chi connectivity index (χ3v) is 2.96. The van der Waals surface area contributed by atoms with Crippen LogP contribution in [0.15, 0.2) is 18.2 Å². The van der Waals surface area contributed by atoms with E-state index in [2.05, 4.69) is 10.3 Å². The molecule has 5 nitrogen and oxygen atoms in total. The Hall–Kier alpha value is -2.11. The quantitative estimate of drug-likeness (QED) is 0.873. The molecule has 0 spiro atoms. The maximum absolute atomic E-state index is 12.6. The molecule has 110 valence electrons. The summed E-state index contributed by atoms with van der Waals surface area (Å²) in [6.07, 6.45) is -4.49. The van der Waals surface area contributed by atoms with Crippen molar-refractivity contribution >= 4 is 11.6 Å². The van der Waals surface area contributed by atoms with Gasteiger partial charge in [-0.3, -0.25) is 0 Å². The third-order valence-electron chi connectivity index (χ3n) is 2.65. The van der Waals surface area contributed by atoms with Crippen molar-refractivity contribution in [1.29, 1.82) is 5.26 Å². The molecule has 0 aliphatic rings. The van der Waals surface area contributed by atoms with E-state index in [1.807, 2.05) is 6.07 Å². The molecule has 9 heteroatoms. The summed E-state index contributed by atoms with van der Waals surface area (Å²) < 4.78 is 43.9. The van der Waals surface area contributed by atoms with Crippen LogP contribution >= 0.6 is 11.6 Å². The van der Waals surface area contributed by atoms with E-state index < -0.39 is 11.7 Å². The monoisotopic (exact) mass is 316 g/mol. The van der Waals surface area contributed by atoms with Gasteiger partial charge in [-0.05, 0) is 18.2 Å². The van der Waals surface area contributed by atoms with Gasteiger partial charge in [-0.15, -0.1) is 5.10 Å². The first kappa shape index (κ1) is 15.3. The van der Waals surface area contributed by atoms with Gasteiger partial charge in [0.15, 0.2) is 5.69 Å². The van der Waals surface area contributed by atoms with Gasteiger partial charge in [-0.25, -0.2) is 4.68 Å². The summed E-state index contributed by atoms with van der Waals surface area (Å²) in [6, 6.07) is 4.67. The van der Waals surface area contributed by atoms with Gasteiger partial charge in [0, 0.05) is 7.11 Å². The predicted molar refractivity (Wildman–Crippen MR) is 66.8 cm³/mol. The number of ether oxygens (including phenoxy) is 1. The molecule has 2 rings (SSSR count). The number of hydrogen-bond acceptors (Lipinski definition) is 4. The minimum atomic E-state index is -4.49. The fourth-order valence-corrected chi connectivity index (χ4v) is 1.96. The van der Waals surface area contributed by atoms with Crippen LogP contribution in [-0.2, 0) is 17.5 Å². The minimum absolute atomic E-state index is 0.0211. The first-order valence-corrected chi connectivity index (χ1v) is 5.97. The van der Waals surface area contributed by atoms with Crippen LogP contribution in [0.4, 0.5) is 13.2 Å². The highest BCUT2D eigenvalue weighted by Gasteiger charge is 2.31. The van der Waals surface area contributed by atoms with Crippen molar-refractivity contribution < 1.29 is 17.9 Å². The minimum Gasteiger partial charge on any atom is -0.378 e. The largest absolute Gasteiger partial charge is 0.416 e. The van der Waals surface area contributed by atoms with Crippen LogP contribution in [0, 0.1) is 11.3 Å². The van der Waals surface area contributed by atoms with Crippen LogP contribution in [0.5, 0.6) is 0 Å². The molecule has 0 amide bonds. The van der Waals surface area contributed by atoms with Crippen molar-refractivity contribution in [3.05, 3.63) is 40.2 Å². The average Bonchev–Trinajstić information content (AvgIpc) is 2.81. The molecule has 0 atom stereocenters. The summed E-state index contributed by atoms with van der Waals surface area (Å²) in [5.74, 6) is 0. The second-order valence-corrected chi connectivity index (χ2v) is 4.41. The van der Waals surface area contributed by atoms with Crippen molar-refractivity contribution in [2.45, 2.75) is 12.8 Å². The molecule has 0 saturated heterocycles. The van der Waals surface area contributed by atoms with E-state index >= 15 is 0 Å². The zero-order valence-electron chi connectivity index (χ0n) is 10.6. The summed E-state index contributed by atoms with van der Waals surface area (Å²) in [6.45, 7) is 0.0211. The van der Waals surface area contributed by atoms with E-state index in [0.29, 0.717) is 5.69 Å². The summed E-state index contributed by atoms with van der Waals surface area (Å²) in [4.78, 5) is 0. The van der Waals surface area contributed by atoms with Crippen molar-refractivity contribution in [2.75, 3.05) is 7.11 Å². The van der Waals surface area contributed by atoms with Gasteiger partial charge in [0.25, 0.3) is 0 Å². The number of benzene rings is 1. The number of methoxy groups -OCH3 is 1. The second kappa shape index (κ2) is 5.71. The normalized spacial score (nSPS) is 11.4. The van der Waals surface area contributed by atoms with Gasteiger partial charge < -0.3 is 4.74 Å². The molecular formula is C12H8ClF3N4O. The van der Waals surface area contributed by atoms with Crippen LogP contribution in [0.25, 0.3) is 5.69 Å². The Labute approximate surface area is 122 Å². The molecule has 0 N–H and O–H groups in total. The van der Waals surface area contributed by atoms with Crippen LogP contribution < -0.4 is 0 Å². The topological polar surface area (TPSA) is 63.7 Å². The molecule has 0 saturated carbocycles. The van der Waals surface area contributed by atoms with Crippen LogP contribution in [0.2, 0.25) is 5.02 Å². The van der Waals surface area contributed by atoms with Gasteiger partial charge in [-0.2, -0.15) is 18.4 Å². The van der Waals surface area contributed by atoms with E-state index in [1.54, 1.807) is 0 Å². The molecule has 0 unspecified atom stereocenters. The van der Waals surface area contributed by atoms with Crippen molar-refractivity contribution in [3.63, 3.8) is 0 Å². The highest BCUT2D eigenvalue weighted by molar-refractivity contribution is 6.32. The Balaban J connectivity index is 2.53. The SMILES string of the molecule is COCc1c(C#N)nnn1-c1ccc(C(F)(F)F)cc1Cl. The number of nitrogens with zero attached hydrogens (tertiary/aromatic N) is 4. The molecular weight excluding hydrogens is 309 g/mol. The lowest BCUT2D eigenvalue weighted by molar-refractivity contribution is -0.137. The lowest BCUT2D eigenvalue weighted by Crippen LogP contribution is -2.08. The number of halogens is 4. The first-order chi connectivity index (χ1) is 9.88. The first-order valence-electron chi connectivity index (χ1n) is 5.59. The molecule has 0 bridgehead atoms. The molecule has 1 aromatic carbocycles. The zero-order valence-corrected chi connectivity index (χ0v) is 11.4. The second-order valence-electron chi connectivity index (χ2n) is 4.01. The number of nitriles is 1. The van der Waals surface area contributed by atoms with E-state index in [4.69, 9.17) is 21.6 Å². The highest BCUT2D eigenvalue weighted by Crippen LogP contribution is 2.33. The summed E-state index contributed by atoms with van der Waals surface area (Å²) >= 11 is 5.88. The van der Waals surface area contributed by atoms with Crippen LogP contribution in [-0.4, -0.2) is 22.1 Å². The van der Waals surface area contributed by atoms with Crippen molar-refractivity contribution in [1.82, 2.24) is 15.0 Å². The molecule has 0 aliphatic heterocycles. The maximum Gasteiger partial charge on any atom is 0.416 e. The van der Waals surface area contributed by atoms with Gasteiger partial charge in [0.1, 0.15) is 11.8 Å².